The molecular weight excluding hydrogens is 406 g/mol. The van der Waals surface area contributed by atoms with Crippen LogP contribution < -0.4 is 21.4 Å². The van der Waals surface area contributed by atoms with Gasteiger partial charge in [-0.15, -0.1) is 0 Å². The van der Waals surface area contributed by atoms with Crippen molar-refractivity contribution < 1.29 is 9.53 Å². The first-order chi connectivity index (χ1) is 14.6. The lowest BCUT2D eigenvalue weighted by Gasteiger charge is -2.14. The van der Waals surface area contributed by atoms with Gasteiger partial charge in [0.05, 0.1) is 12.8 Å². The molecule has 0 fully saturated rings. The first-order valence-electron chi connectivity index (χ1n) is 9.04. The number of rotatable bonds is 8. The fraction of sp³-hybridized carbons (Fsp3) is 0.150. The molecule has 0 aliphatic carbocycles. The van der Waals surface area contributed by atoms with Gasteiger partial charge in [-0.25, -0.2) is 15.3 Å². The van der Waals surface area contributed by atoms with E-state index in [1.54, 1.807) is 24.3 Å². The number of thioether (sulfide) groups is 1. The minimum atomic E-state index is -0.815. The standard InChI is InChI=1S/C20H19N5O4S/c1-2-29-15-11-7-6-10-14(15)12-21-23-17(26)16(13-8-4-3-5-9-13)30-19-18(27)22-20(28)25-24-19/h3-12,16H,2H2,1H3,(H,23,26)(H2,22,25,27,28)/b21-12-. The van der Waals surface area contributed by atoms with E-state index < -0.39 is 22.4 Å². The molecule has 1 atom stereocenters. The van der Waals surface area contributed by atoms with Crippen LogP contribution in [-0.2, 0) is 4.79 Å². The number of hydrogen-bond acceptors (Lipinski definition) is 7. The van der Waals surface area contributed by atoms with Crippen molar-refractivity contribution in [3.63, 3.8) is 0 Å². The van der Waals surface area contributed by atoms with Gasteiger partial charge in [0.1, 0.15) is 11.0 Å². The number of ether oxygens (including phenoxy) is 1. The maximum absolute atomic E-state index is 12.8. The van der Waals surface area contributed by atoms with Crippen molar-refractivity contribution in [3.8, 4) is 5.75 Å². The van der Waals surface area contributed by atoms with Gasteiger partial charge in [-0.05, 0) is 24.6 Å². The number of aromatic nitrogens is 3. The van der Waals surface area contributed by atoms with Gasteiger partial charge in [0.2, 0.25) is 0 Å². The number of carbonyl (C=O) groups is 1. The molecule has 0 radical (unpaired) electrons. The number of hydrazone groups is 1. The second kappa shape index (κ2) is 10.2. The van der Waals surface area contributed by atoms with Crippen LogP contribution in [0.3, 0.4) is 0 Å². The summed E-state index contributed by atoms with van der Waals surface area (Å²) in [6, 6.07) is 16.2. The summed E-state index contributed by atoms with van der Waals surface area (Å²) in [5.41, 5.74) is 2.46. The topological polar surface area (TPSA) is 129 Å². The van der Waals surface area contributed by atoms with E-state index in [-0.39, 0.29) is 5.03 Å². The number of carbonyl (C=O) groups excluding carboxylic acids is 1. The van der Waals surface area contributed by atoms with Crippen LogP contribution in [0.15, 0.2) is 74.3 Å². The number of benzene rings is 2. The van der Waals surface area contributed by atoms with E-state index >= 15 is 0 Å². The number of nitrogens with zero attached hydrogens (tertiary/aromatic N) is 2. The maximum atomic E-state index is 12.8. The van der Waals surface area contributed by atoms with Gasteiger partial charge < -0.3 is 4.74 Å². The Morgan fingerprint density at radius 1 is 1.20 bits per heavy atom. The smallest absolute Gasteiger partial charge is 0.342 e. The molecule has 3 aromatic rings. The first-order valence-corrected chi connectivity index (χ1v) is 9.91. The van der Waals surface area contributed by atoms with Crippen LogP contribution in [0.4, 0.5) is 0 Å². The highest BCUT2D eigenvalue weighted by molar-refractivity contribution is 8.00. The van der Waals surface area contributed by atoms with Gasteiger partial charge in [-0.3, -0.25) is 14.6 Å². The summed E-state index contributed by atoms with van der Waals surface area (Å²) in [4.78, 5) is 38.1. The SMILES string of the molecule is CCOc1ccccc1/C=N\NC(=O)C(Sc1n[nH]c(=O)[nH]c1=O)c1ccccc1. The van der Waals surface area contributed by atoms with Crippen molar-refractivity contribution in [2.45, 2.75) is 17.2 Å². The highest BCUT2D eigenvalue weighted by Crippen LogP contribution is 2.32. The Morgan fingerprint density at radius 2 is 1.93 bits per heavy atom. The van der Waals surface area contributed by atoms with Crippen LogP contribution in [0.25, 0.3) is 0 Å². The van der Waals surface area contributed by atoms with Gasteiger partial charge in [0.15, 0.2) is 5.03 Å². The summed E-state index contributed by atoms with van der Waals surface area (Å²) < 4.78 is 5.53. The van der Waals surface area contributed by atoms with Crippen molar-refractivity contribution >= 4 is 23.9 Å². The quantitative estimate of drug-likeness (QED) is 0.287. The second-order valence-corrected chi connectivity index (χ2v) is 7.02. The Labute approximate surface area is 175 Å². The molecule has 0 bridgehead atoms. The minimum Gasteiger partial charge on any atom is -0.493 e. The molecule has 1 unspecified atom stereocenters. The molecule has 0 saturated heterocycles. The highest BCUT2D eigenvalue weighted by Gasteiger charge is 2.24. The Morgan fingerprint density at radius 3 is 2.67 bits per heavy atom. The van der Waals surface area contributed by atoms with Crippen molar-refractivity contribution in [1.29, 1.82) is 0 Å². The Bertz CT molecular complexity index is 1140. The van der Waals surface area contributed by atoms with Crippen LogP contribution >= 0.6 is 11.8 Å². The van der Waals surface area contributed by atoms with E-state index in [0.29, 0.717) is 23.5 Å². The maximum Gasteiger partial charge on any atom is 0.342 e. The fourth-order valence-electron chi connectivity index (χ4n) is 2.53. The molecule has 1 amide bonds. The molecule has 0 aliphatic heterocycles. The third-order valence-electron chi connectivity index (χ3n) is 3.85. The Balaban J connectivity index is 1.81. The highest BCUT2D eigenvalue weighted by atomic mass is 32.2. The van der Waals surface area contributed by atoms with Crippen molar-refractivity contribution in [2.75, 3.05) is 6.61 Å². The lowest BCUT2D eigenvalue weighted by Crippen LogP contribution is -2.28. The number of aromatic amines is 2. The molecule has 10 heteroatoms. The van der Waals surface area contributed by atoms with E-state index in [2.05, 4.69) is 25.7 Å². The Hall–Kier alpha value is -3.66. The molecule has 3 rings (SSSR count). The fourth-order valence-corrected chi connectivity index (χ4v) is 3.46. The molecule has 1 aromatic heterocycles. The zero-order chi connectivity index (χ0) is 21.3. The summed E-state index contributed by atoms with van der Waals surface area (Å²) >= 11 is 0.907. The monoisotopic (exact) mass is 425 g/mol. The summed E-state index contributed by atoms with van der Waals surface area (Å²) in [5.74, 6) is 0.194. The molecule has 0 aliphatic rings. The largest absolute Gasteiger partial charge is 0.493 e. The number of nitrogens with one attached hydrogen (secondary N) is 3. The van der Waals surface area contributed by atoms with Gasteiger partial charge in [-0.1, -0.05) is 54.2 Å². The molecule has 9 nitrogen and oxygen atoms in total. The van der Waals surface area contributed by atoms with E-state index in [0.717, 1.165) is 11.8 Å². The van der Waals surface area contributed by atoms with Gasteiger partial charge in [0.25, 0.3) is 11.5 Å². The van der Waals surface area contributed by atoms with E-state index in [4.69, 9.17) is 4.74 Å². The molecule has 30 heavy (non-hydrogen) atoms. The van der Waals surface area contributed by atoms with Gasteiger partial charge in [0, 0.05) is 5.56 Å². The summed E-state index contributed by atoms with van der Waals surface area (Å²) in [6.07, 6.45) is 1.49. The summed E-state index contributed by atoms with van der Waals surface area (Å²) in [5, 5.41) is 9.07. The minimum absolute atomic E-state index is 0.0377. The van der Waals surface area contributed by atoms with Crippen LogP contribution in [0.2, 0.25) is 0 Å². The zero-order valence-electron chi connectivity index (χ0n) is 16.0. The van der Waals surface area contributed by atoms with Crippen molar-refractivity contribution in [1.82, 2.24) is 20.6 Å². The number of H-pyrrole nitrogens is 2. The summed E-state index contributed by atoms with van der Waals surface area (Å²) in [6.45, 7) is 2.38. The van der Waals surface area contributed by atoms with Crippen LogP contribution in [0.5, 0.6) is 5.75 Å². The predicted octanol–water partition coefficient (Wildman–Crippen LogP) is 1.84. The van der Waals surface area contributed by atoms with Crippen LogP contribution in [0.1, 0.15) is 23.3 Å². The average Bonchev–Trinajstić information content (AvgIpc) is 2.75. The van der Waals surface area contributed by atoms with Gasteiger partial charge in [-0.2, -0.15) is 10.2 Å². The second-order valence-electron chi connectivity index (χ2n) is 5.93. The molecule has 3 N–H and O–H groups in total. The lowest BCUT2D eigenvalue weighted by molar-refractivity contribution is -0.120. The average molecular weight is 425 g/mol. The molecule has 154 valence electrons. The summed E-state index contributed by atoms with van der Waals surface area (Å²) in [7, 11) is 0. The van der Waals surface area contributed by atoms with E-state index in [9.17, 15) is 14.4 Å². The molecule has 2 aromatic carbocycles. The molecule has 1 heterocycles. The van der Waals surface area contributed by atoms with Gasteiger partial charge >= 0.3 is 5.69 Å². The van der Waals surface area contributed by atoms with Crippen LogP contribution in [-0.4, -0.2) is 33.9 Å². The van der Waals surface area contributed by atoms with Crippen molar-refractivity contribution in [2.24, 2.45) is 5.10 Å². The van der Waals surface area contributed by atoms with E-state index in [1.807, 2.05) is 37.3 Å². The molecule has 0 spiro atoms. The van der Waals surface area contributed by atoms with Crippen molar-refractivity contribution in [3.05, 3.63) is 86.6 Å². The zero-order valence-corrected chi connectivity index (χ0v) is 16.8. The lowest BCUT2D eigenvalue weighted by atomic mass is 10.1. The number of hydrogen-bond donors (Lipinski definition) is 3. The number of para-hydroxylation sites is 1. The number of amides is 1. The normalized spacial score (nSPS) is 11.9. The third-order valence-corrected chi connectivity index (χ3v) is 5.07. The Kier molecular flexibility index (Phi) is 7.17. The molecule has 0 saturated carbocycles. The third kappa shape index (κ3) is 5.45. The van der Waals surface area contributed by atoms with Crippen LogP contribution in [0, 0.1) is 0 Å². The predicted molar refractivity (Wildman–Crippen MR) is 114 cm³/mol. The van der Waals surface area contributed by atoms with E-state index in [1.165, 1.54) is 6.21 Å². The first kappa shape index (κ1) is 21.1. The molecular formula is C20H19N5O4S.